The summed E-state index contributed by atoms with van der Waals surface area (Å²) in [6.45, 7) is 0.227. The largest absolute Gasteiger partial charge is 0.467 e. The average Bonchev–Trinajstić information content (AvgIpc) is 3.20. The predicted molar refractivity (Wildman–Crippen MR) is 107 cm³/mol. The van der Waals surface area contributed by atoms with Crippen molar-refractivity contribution >= 4 is 33.8 Å². The second-order valence-corrected chi connectivity index (χ2v) is 6.61. The van der Waals surface area contributed by atoms with E-state index in [1.807, 2.05) is 36.4 Å². The third kappa shape index (κ3) is 5.43. The molecule has 2 aromatic carbocycles. The number of benzene rings is 2. The molecule has 0 fully saturated rings. The molecule has 0 unspecified atom stereocenters. The minimum Gasteiger partial charge on any atom is -0.467 e. The van der Waals surface area contributed by atoms with Crippen LogP contribution in [0.15, 0.2) is 87.6 Å². The minimum absolute atomic E-state index is 0.151. The molecule has 0 atom stereocenters. The van der Waals surface area contributed by atoms with Gasteiger partial charge in [-0.2, -0.15) is 0 Å². The summed E-state index contributed by atoms with van der Waals surface area (Å²) in [4.78, 5) is 25.2. The zero-order valence-electron chi connectivity index (χ0n) is 14.3. The molecular weight excluding hydrogens is 408 g/mol. The first-order valence-corrected chi connectivity index (χ1v) is 9.05. The van der Waals surface area contributed by atoms with Gasteiger partial charge < -0.3 is 15.1 Å². The molecule has 0 saturated carbocycles. The lowest BCUT2D eigenvalue weighted by atomic mass is 10.1. The van der Waals surface area contributed by atoms with E-state index in [0.717, 1.165) is 10.0 Å². The third-order valence-corrected chi connectivity index (χ3v) is 4.19. The maximum absolute atomic E-state index is 12.6. The minimum atomic E-state index is -0.404. The molecule has 6 heteroatoms. The Balaban J connectivity index is 1.79. The van der Waals surface area contributed by atoms with Crippen LogP contribution in [0.25, 0.3) is 6.08 Å². The molecule has 0 saturated heterocycles. The Hall–Kier alpha value is -3.12. The first-order chi connectivity index (χ1) is 13.1. The number of carbonyl (C=O) groups excluding carboxylic acids is 2. The van der Waals surface area contributed by atoms with Gasteiger partial charge in [-0.05, 0) is 42.0 Å². The molecule has 1 heterocycles. The molecule has 1 aromatic heterocycles. The normalized spacial score (nSPS) is 11.1. The summed E-state index contributed by atoms with van der Waals surface area (Å²) in [7, 11) is 0. The molecule has 0 aliphatic heterocycles. The lowest BCUT2D eigenvalue weighted by molar-refractivity contribution is -0.118. The average molecular weight is 425 g/mol. The van der Waals surface area contributed by atoms with Gasteiger partial charge in [-0.3, -0.25) is 9.59 Å². The van der Waals surface area contributed by atoms with Crippen molar-refractivity contribution in [3.05, 3.63) is 100 Å². The molecule has 0 aliphatic carbocycles. The van der Waals surface area contributed by atoms with Gasteiger partial charge >= 0.3 is 0 Å². The Morgan fingerprint density at radius 2 is 1.81 bits per heavy atom. The van der Waals surface area contributed by atoms with E-state index in [1.165, 1.54) is 6.26 Å². The van der Waals surface area contributed by atoms with Crippen molar-refractivity contribution in [3.8, 4) is 0 Å². The molecule has 0 bridgehead atoms. The summed E-state index contributed by atoms with van der Waals surface area (Å²) in [5.41, 5.74) is 1.40. The molecule has 136 valence electrons. The SMILES string of the molecule is O=C(NCc1ccco1)C(=Cc1ccccc1)NC(=O)c1cccc(Br)c1. The molecule has 3 aromatic rings. The predicted octanol–water partition coefficient (Wildman–Crippen LogP) is 4.13. The fourth-order valence-corrected chi connectivity index (χ4v) is 2.77. The van der Waals surface area contributed by atoms with Crippen molar-refractivity contribution in [2.24, 2.45) is 0 Å². The zero-order chi connectivity index (χ0) is 19.1. The smallest absolute Gasteiger partial charge is 0.268 e. The zero-order valence-corrected chi connectivity index (χ0v) is 15.9. The van der Waals surface area contributed by atoms with Crippen LogP contribution in [0.2, 0.25) is 0 Å². The van der Waals surface area contributed by atoms with Gasteiger partial charge in [0.15, 0.2) is 0 Å². The summed E-state index contributed by atoms with van der Waals surface area (Å²) in [5, 5.41) is 5.45. The van der Waals surface area contributed by atoms with E-state index in [2.05, 4.69) is 26.6 Å². The molecule has 0 aliphatic rings. The highest BCUT2D eigenvalue weighted by atomic mass is 79.9. The highest BCUT2D eigenvalue weighted by molar-refractivity contribution is 9.10. The van der Waals surface area contributed by atoms with E-state index in [9.17, 15) is 9.59 Å². The first kappa shape index (κ1) is 18.7. The third-order valence-electron chi connectivity index (χ3n) is 3.69. The summed E-state index contributed by atoms with van der Waals surface area (Å²) in [6, 6.07) is 19.8. The highest BCUT2D eigenvalue weighted by Crippen LogP contribution is 2.13. The van der Waals surface area contributed by atoms with Crippen LogP contribution in [-0.4, -0.2) is 11.8 Å². The summed E-state index contributed by atoms with van der Waals surface area (Å²) < 4.78 is 6.00. The van der Waals surface area contributed by atoms with E-state index in [-0.39, 0.29) is 18.1 Å². The van der Waals surface area contributed by atoms with Crippen molar-refractivity contribution in [2.45, 2.75) is 6.54 Å². The molecule has 0 spiro atoms. The van der Waals surface area contributed by atoms with Crippen LogP contribution in [0.1, 0.15) is 21.7 Å². The first-order valence-electron chi connectivity index (χ1n) is 8.26. The summed E-state index contributed by atoms with van der Waals surface area (Å²) in [5.74, 6) is -0.147. The molecule has 2 N–H and O–H groups in total. The number of halogens is 1. The highest BCUT2D eigenvalue weighted by Gasteiger charge is 2.15. The van der Waals surface area contributed by atoms with Gasteiger partial charge in [0.1, 0.15) is 11.5 Å². The Kier molecular flexibility index (Phi) is 6.22. The van der Waals surface area contributed by atoms with Crippen LogP contribution < -0.4 is 10.6 Å². The standard InChI is InChI=1S/C21H17BrN2O3/c22-17-9-4-8-16(13-17)20(25)24-19(12-15-6-2-1-3-7-15)21(26)23-14-18-10-5-11-27-18/h1-13H,14H2,(H,23,26)(H,24,25). The lowest BCUT2D eigenvalue weighted by Crippen LogP contribution is -2.34. The summed E-state index contributed by atoms with van der Waals surface area (Å²) >= 11 is 3.34. The maximum Gasteiger partial charge on any atom is 0.268 e. The summed E-state index contributed by atoms with van der Waals surface area (Å²) in [6.07, 6.45) is 3.17. The van der Waals surface area contributed by atoms with Gasteiger partial charge in [0.25, 0.3) is 11.8 Å². The number of nitrogens with one attached hydrogen (secondary N) is 2. The monoisotopic (exact) mass is 424 g/mol. The van der Waals surface area contributed by atoms with Crippen molar-refractivity contribution in [2.75, 3.05) is 0 Å². The molecule has 0 radical (unpaired) electrons. The van der Waals surface area contributed by atoms with Crippen molar-refractivity contribution < 1.29 is 14.0 Å². The van der Waals surface area contributed by atoms with Crippen molar-refractivity contribution in [1.82, 2.24) is 10.6 Å². The molecule has 3 rings (SSSR count). The van der Waals surface area contributed by atoms with Gasteiger partial charge in [0, 0.05) is 10.0 Å². The van der Waals surface area contributed by atoms with Crippen LogP contribution in [0.4, 0.5) is 0 Å². The van der Waals surface area contributed by atoms with E-state index in [1.54, 1.807) is 36.4 Å². The van der Waals surface area contributed by atoms with Gasteiger partial charge in [-0.15, -0.1) is 0 Å². The topological polar surface area (TPSA) is 71.3 Å². The number of hydrogen-bond donors (Lipinski definition) is 2. The van der Waals surface area contributed by atoms with Gasteiger partial charge in [-0.1, -0.05) is 52.3 Å². The Bertz CT molecular complexity index is 951. The van der Waals surface area contributed by atoms with Crippen LogP contribution in [-0.2, 0) is 11.3 Å². The van der Waals surface area contributed by atoms with E-state index in [4.69, 9.17) is 4.42 Å². The van der Waals surface area contributed by atoms with Gasteiger partial charge in [-0.25, -0.2) is 0 Å². The molecule has 2 amide bonds. The van der Waals surface area contributed by atoms with Crippen molar-refractivity contribution in [3.63, 3.8) is 0 Å². The number of rotatable bonds is 6. The van der Waals surface area contributed by atoms with Gasteiger partial charge in [0.05, 0.1) is 12.8 Å². The van der Waals surface area contributed by atoms with Crippen LogP contribution in [0.3, 0.4) is 0 Å². The van der Waals surface area contributed by atoms with E-state index in [0.29, 0.717) is 11.3 Å². The Labute approximate surface area is 165 Å². The number of carbonyl (C=O) groups is 2. The number of furan rings is 1. The Morgan fingerprint density at radius 1 is 1.00 bits per heavy atom. The second-order valence-electron chi connectivity index (χ2n) is 5.70. The maximum atomic E-state index is 12.6. The van der Waals surface area contributed by atoms with Gasteiger partial charge in [0.2, 0.25) is 0 Å². The fourth-order valence-electron chi connectivity index (χ4n) is 2.37. The van der Waals surface area contributed by atoms with E-state index >= 15 is 0 Å². The van der Waals surface area contributed by atoms with Crippen molar-refractivity contribution in [1.29, 1.82) is 0 Å². The second kappa shape index (κ2) is 9.00. The quantitative estimate of drug-likeness (QED) is 0.584. The van der Waals surface area contributed by atoms with Crippen LogP contribution >= 0.6 is 15.9 Å². The number of hydrogen-bond acceptors (Lipinski definition) is 3. The molecule has 27 heavy (non-hydrogen) atoms. The fraction of sp³-hybridized carbons (Fsp3) is 0.0476. The van der Waals surface area contributed by atoms with Crippen LogP contribution in [0, 0.1) is 0 Å². The van der Waals surface area contributed by atoms with Crippen LogP contribution in [0.5, 0.6) is 0 Å². The number of amides is 2. The molecule has 5 nitrogen and oxygen atoms in total. The lowest BCUT2D eigenvalue weighted by Gasteiger charge is -2.11. The van der Waals surface area contributed by atoms with E-state index < -0.39 is 5.91 Å². The molecular formula is C21H17BrN2O3. The Morgan fingerprint density at radius 3 is 2.52 bits per heavy atom.